The Morgan fingerprint density at radius 1 is 1.06 bits per heavy atom. The van der Waals surface area contributed by atoms with Crippen molar-refractivity contribution in [3.05, 3.63) is 51.0 Å². The van der Waals surface area contributed by atoms with E-state index in [-0.39, 0.29) is 27.8 Å². The van der Waals surface area contributed by atoms with Gasteiger partial charge in [-0.05, 0) is 30.7 Å². The van der Waals surface area contributed by atoms with Crippen LogP contribution in [0, 0.1) is 0 Å². The Balaban J connectivity index is 2.10. The molecule has 3 rings (SSSR count). The first-order valence-corrected chi connectivity index (χ1v) is 10.7. The molecule has 0 bridgehead atoms. The van der Waals surface area contributed by atoms with E-state index < -0.39 is 17.8 Å². The minimum Gasteiger partial charge on any atom is -0.495 e. The number of carbonyl (C=O) groups is 3. The quantitative estimate of drug-likeness (QED) is 0.422. The SMILES string of the molecule is CCCOc1ccc(Br)cc1/C=C1\C(=O)NC(=O)N(c2cc(OC)c(Cl)cc2OC)C1=O. The Morgan fingerprint density at radius 2 is 1.78 bits per heavy atom. The van der Waals surface area contributed by atoms with Crippen molar-refractivity contribution in [1.82, 2.24) is 5.32 Å². The Bertz CT molecular complexity index is 1120. The van der Waals surface area contributed by atoms with E-state index in [1.54, 1.807) is 18.2 Å². The predicted octanol–water partition coefficient (Wildman–Crippen LogP) is 4.57. The highest BCUT2D eigenvalue weighted by Gasteiger charge is 2.38. The van der Waals surface area contributed by atoms with E-state index in [4.69, 9.17) is 25.8 Å². The number of barbiturate groups is 1. The van der Waals surface area contributed by atoms with E-state index in [1.807, 2.05) is 6.92 Å². The summed E-state index contributed by atoms with van der Waals surface area (Å²) in [6.45, 7) is 2.43. The van der Waals surface area contributed by atoms with E-state index in [0.717, 1.165) is 15.8 Å². The Labute approximate surface area is 198 Å². The van der Waals surface area contributed by atoms with Crippen molar-refractivity contribution in [3.63, 3.8) is 0 Å². The lowest BCUT2D eigenvalue weighted by molar-refractivity contribution is -0.122. The van der Waals surface area contributed by atoms with E-state index in [1.165, 1.54) is 32.4 Å². The molecule has 1 aliphatic heterocycles. The summed E-state index contributed by atoms with van der Waals surface area (Å²) in [5.74, 6) is -0.770. The Morgan fingerprint density at radius 3 is 2.44 bits per heavy atom. The highest BCUT2D eigenvalue weighted by Crippen LogP contribution is 2.39. The molecule has 8 nitrogen and oxygen atoms in total. The molecule has 4 amide bonds. The van der Waals surface area contributed by atoms with Gasteiger partial charge in [0.1, 0.15) is 22.8 Å². The molecule has 0 atom stereocenters. The van der Waals surface area contributed by atoms with Crippen molar-refractivity contribution in [2.75, 3.05) is 25.7 Å². The fraction of sp³-hybridized carbons (Fsp3) is 0.227. The van der Waals surface area contributed by atoms with Gasteiger partial charge in [-0.15, -0.1) is 0 Å². The predicted molar refractivity (Wildman–Crippen MR) is 123 cm³/mol. The molecule has 168 valence electrons. The van der Waals surface area contributed by atoms with Crippen LogP contribution in [0.1, 0.15) is 18.9 Å². The third-order valence-electron chi connectivity index (χ3n) is 4.53. The van der Waals surface area contributed by atoms with Crippen molar-refractivity contribution in [3.8, 4) is 17.2 Å². The van der Waals surface area contributed by atoms with Crippen LogP contribution >= 0.6 is 27.5 Å². The first kappa shape index (κ1) is 23.6. The van der Waals surface area contributed by atoms with Gasteiger partial charge in [0.15, 0.2) is 0 Å². The largest absolute Gasteiger partial charge is 0.495 e. The van der Waals surface area contributed by atoms with Crippen molar-refractivity contribution in [2.45, 2.75) is 13.3 Å². The molecule has 1 N–H and O–H groups in total. The third kappa shape index (κ3) is 4.73. The summed E-state index contributed by atoms with van der Waals surface area (Å²) in [5, 5.41) is 2.42. The van der Waals surface area contributed by atoms with Gasteiger partial charge in [0.2, 0.25) is 0 Å². The van der Waals surface area contributed by atoms with Crippen LogP contribution in [0.5, 0.6) is 17.2 Å². The maximum Gasteiger partial charge on any atom is 0.336 e. The molecule has 2 aromatic carbocycles. The molecule has 1 heterocycles. The van der Waals surface area contributed by atoms with Crippen LogP contribution in [-0.4, -0.2) is 38.7 Å². The lowest BCUT2D eigenvalue weighted by atomic mass is 10.1. The normalized spacial score (nSPS) is 15.1. The second-order valence-corrected chi connectivity index (χ2v) is 7.97. The number of nitrogens with zero attached hydrogens (tertiary/aromatic N) is 1. The second kappa shape index (κ2) is 10.1. The van der Waals surface area contributed by atoms with Crippen LogP contribution in [0.2, 0.25) is 5.02 Å². The summed E-state index contributed by atoms with van der Waals surface area (Å²) >= 11 is 9.51. The maximum absolute atomic E-state index is 13.3. The highest BCUT2D eigenvalue weighted by atomic mass is 79.9. The summed E-state index contributed by atoms with van der Waals surface area (Å²) in [6.07, 6.45) is 2.17. The van der Waals surface area contributed by atoms with Crippen LogP contribution in [0.15, 0.2) is 40.4 Å². The number of amides is 4. The van der Waals surface area contributed by atoms with Crippen molar-refractivity contribution < 1.29 is 28.6 Å². The topological polar surface area (TPSA) is 94.2 Å². The Hall–Kier alpha value is -3.04. The summed E-state index contributed by atoms with van der Waals surface area (Å²) in [5.41, 5.74) is 0.327. The minimum absolute atomic E-state index is 0.0753. The lowest BCUT2D eigenvalue weighted by Crippen LogP contribution is -2.54. The number of imide groups is 2. The molecular formula is C22H20BrClN2O6. The molecule has 0 aliphatic carbocycles. The average Bonchev–Trinajstić information content (AvgIpc) is 2.76. The molecule has 1 saturated heterocycles. The minimum atomic E-state index is -0.920. The summed E-state index contributed by atoms with van der Waals surface area (Å²) < 4.78 is 16.9. The van der Waals surface area contributed by atoms with E-state index in [0.29, 0.717) is 17.9 Å². The maximum atomic E-state index is 13.3. The number of carbonyl (C=O) groups excluding carboxylic acids is 3. The fourth-order valence-electron chi connectivity index (χ4n) is 3.03. The van der Waals surface area contributed by atoms with Gasteiger partial charge in [0, 0.05) is 22.2 Å². The molecule has 1 fully saturated rings. The average molecular weight is 524 g/mol. The number of nitrogens with one attached hydrogen (secondary N) is 1. The van der Waals surface area contributed by atoms with Gasteiger partial charge in [-0.3, -0.25) is 14.9 Å². The van der Waals surface area contributed by atoms with Crippen LogP contribution in [-0.2, 0) is 9.59 Å². The summed E-state index contributed by atoms with van der Waals surface area (Å²) in [7, 11) is 2.77. The van der Waals surface area contributed by atoms with Gasteiger partial charge in [0.25, 0.3) is 11.8 Å². The fourth-order valence-corrected chi connectivity index (χ4v) is 3.64. The molecule has 0 aromatic heterocycles. The van der Waals surface area contributed by atoms with Crippen LogP contribution < -0.4 is 24.4 Å². The number of hydrogen-bond acceptors (Lipinski definition) is 6. The first-order chi connectivity index (χ1) is 15.3. The molecule has 2 aromatic rings. The van der Waals surface area contributed by atoms with Gasteiger partial charge in [-0.1, -0.05) is 34.5 Å². The zero-order chi connectivity index (χ0) is 23.4. The molecule has 0 radical (unpaired) electrons. The van der Waals surface area contributed by atoms with Crippen molar-refractivity contribution in [1.29, 1.82) is 0 Å². The number of halogens is 2. The third-order valence-corrected chi connectivity index (χ3v) is 5.32. The molecule has 0 spiro atoms. The number of anilines is 1. The smallest absolute Gasteiger partial charge is 0.336 e. The van der Waals surface area contributed by atoms with Gasteiger partial charge in [-0.2, -0.15) is 0 Å². The van der Waals surface area contributed by atoms with E-state index in [9.17, 15) is 14.4 Å². The summed E-state index contributed by atoms with van der Waals surface area (Å²) in [6, 6.07) is 7.12. The zero-order valence-corrected chi connectivity index (χ0v) is 19.9. The molecule has 32 heavy (non-hydrogen) atoms. The van der Waals surface area contributed by atoms with Gasteiger partial charge in [0.05, 0.1) is 31.5 Å². The van der Waals surface area contributed by atoms with Crippen LogP contribution in [0.3, 0.4) is 0 Å². The summed E-state index contributed by atoms with van der Waals surface area (Å²) in [4.78, 5) is 39.3. The lowest BCUT2D eigenvalue weighted by Gasteiger charge is -2.28. The zero-order valence-electron chi connectivity index (χ0n) is 17.5. The van der Waals surface area contributed by atoms with Crippen LogP contribution in [0.4, 0.5) is 10.5 Å². The second-order valence-electron chi connectivity index (χ2n) is 6.65. The number of urea groups is 1. The van der Waals surface area contributed by atoms with E-state index in [2.05, 4.69) is 21.2 Å². The number of hydrogen-bond donors (Lipinski definition) is 1. The Kier molecular flexibility index (Phi) is 7.42. The number of methoxy groups -OCH3 is 2. The van der Waals surface area contributed by atoms with Gasteiger partial charge in [-0.25, -0.2) is 9.69 Å². The number of rotatable bonds is 7. The number of ether oxygens (including phenoxy) is 3. The number of benzene rings is 2. The molecule has 0 unspecified atom stereocenters. The van der Waals surface area contributed by atoms with Gasteiger partial charge >= 0.3 is 6.03 Å². The standard InChI is InChI=1S/C22H20BrClN2O6/c1-4-7-32-17-6-5-13(23)8-12(17)9-14-20(27)25-22(29)26(21(14)28)16-11-18(30-2)15(24)10-19(16)31-3/h5-6,8-11H,4,7H2,1-3H3,(H,25,27,29)/b14-9+. The monoisotopic (exact) mass is 522 g/mol. The molecular weight excluding hydrogens is 504 g/mol. The molecule has 10 heteroatoms. The van der Waals surface area contributed by atoms with Crippen LogP contribution in [0.25, 0.3) is 6.08 Å². The molecule has 1 aliphatic rings. The van der Waals surface area contributed by atoms with E-state index >= 15 is 0 Å². The first-order valence-electron chi connectivity index (χ1n) is 9.56. The molecule has 0 saturated carbocycles. The highest BCUT2D eigenvalue weighted by molar-refractivity contribution is 9.10. The van der Waals surface area contributed by atoms with Crippen molar-refractivity contribution >= 4 is 57.1 Å². The van der Waals surface area contributed by atoms with Gasteiger partial charge < -0.3 is 14.2 Å². The van der Waals surface area contributed by atoms with Crippen molar-refractivity contribution in [2.24, 2.45) is 0 Å².